The van der Waals surface area contributed by atoms with Crippen LogP contribution in [0.2, 0.25) is 0 Å². The maximum Gasteiger partial charge on any atom is 0.237 e. The molecule has 2 fully saturated rings. The van der Waals surface area contributed by atoms with Crippen molar-refractivity contribution in [2.24, 2.45) is 11.7 Å². The van der Waals surface area contributed by atoms with Crippen LogP contribution in [0.1, 0.15) is 38.5 Å². The summed E-state index contributed by atoms with van der Waals surface area (Å²) in [6, 6.07) is 0.0834. The van der Waals surface area contributed by atoms with Gasteiger partial charge in [-0.1, -0.05) is 6.42 Å². The van der Waals surface area contributed by atoms with E-state index in [0.717, 1.165) is 38.6 Å². The van der Waals surface area contributed by atoms with Crippen LogP contribution in [0, 0.1) is 5.92 Å². The van der Waals surface area contributed by atoms with Gasteiger partial charge in [-0.2, -0.15) is 0 Å². The first-order valence-corrected chi connectivity index (χ1v) is 6.50. The maximum atomic E-state index is 11.9. The second-order valence-electron chi connectivity index (χ2n) is 5.12. The summed E-state index contributed by atoms with van der Waals surface area (Å²) in [6.45, 7) is 0.923. The predicted octanol–water partition coefficient (Wildman–Crippen LogP) is 0.320. The number of rotatable bonds is 3. The van der Waals surface area contributed by atoms with E-state index in [-0.39, 0.29) is 42.2 Å². The minimum absolute atomic E-state index is 0. The van der Waals surface area contributed by atoms with Gasteiger partial charge in [0.15, 0.2) is 0 Å². The number of carbonyl (C=O) groups excluding carboxylic acids is 2. The monoisotopic (exact) mass is 275 g/mol. The number of halogens is 1. The van der Waals surface area contributed by atoms with E-state index in [1.807, 2.05) is 0 Å². The Labute approximate surface area is 114 Å². The zero-order valence-electron chi connectivity index (χ0n) is 10.5. The van der Waals surface area contributed by atoms with Crippen molar-refractivity contribution in [1.29, 1.82) is 0 Å². The van der Waals surface area contributed by atoms with Crippen LogP contribution in [0.15, 0.2) is 0 Å². The summed E-state index contributed by atoms with van der Waals surface area (Å²) in [5.74, 6) is -0.217. The number of hydrogen-bond donors (Lipinski definition) is 3. The zero-order chi connectivity index (χ0) is 12.3. The van der Waals surface area contributed by atoms with Crippen molar-refractivity contribution in [2.75, 3.05) is 6.54 Å². The first-order chi connectivity index (χ1) is 8.16. The van der Waals surface area contributed by atoms with Crippen LogP contribution in [-0.4, -0.2) is 30.4 Å². The molecule has 0 radical (unpaired) electrons. The van der Waals surface area contributed by atoms with Gasteiger partial charge < -0.3 is 16.4 Å². The van der Waals surface area contributed by atoms with Gasteiger partial charge in [-0.3, -0.25) is 9.59 Å². The van der Waals surface area contributed by atoms with Crippen molar-refractivity contribution in [3.8, 4) is 0 Å². The number of nitrogens with one attached hydrogen (secondary N) is 2. The van der Waals surface area contributed by atoms with Crippen LogP contribution in [0.3, 0.4) is 0 Å². The molecule has 3 unspecified atom stereocenters. The molecule has 0 aromatic rings. The van der Waals surface area contributed by atoms with Gasteiger partial charge in [0.2, 0.25) is 11.8 Å². The Balaban J connectivity index is 0.00000162. The highest BCUT2D eigenvalue weighted by Crippen LogP contribution is 2.24. The smallest absolute Gasteiger partial charge is 0.237 e. The minimum atomic E-state index is -0.233. The van der Waals surface area contributed by atoms with Crippen LogP contribution < -0.4 is 16.4 Å². The summed E-state index contributed by atoms with van der Waals surface area (Å²) < 4.78 is 0. The summed E-state index contributed by atoms with van der Waals surface area (Å²) >= 11 is 0. The Kier molecular flexibility index (Phi) is 5.88. The average molecular weight is 276 g/mol. The molecule has 1 saturated carbocycles. The van der Waals surface area contributed by atoms with Gasteiger partial charge in [0, 0.05) is 12.0 Å². The molecule has 0 aromatic heterocycles. The molecular formula is C12H22ClN3O2. The molecule has 1 aliphatic heterocycles. The Morgan fingerprint density at radius 3 is 2.56 bits per heavy atom. The molecule has 2 amide bonds. The van der Waals surface area contributed by atoms with Crippen molar-refractivity contribution in [1.82, 2.24) is 10.6 Å². The molecule has 1 saturated heterocycles. The lowest BCUT2D eigenvalue weighted by Gasteiger charge is -2.28. The van der Waals surface area contributed by atoms with E-state index in [0.29, 0.717) is 6.42 Å². The van der Waals surface area contributed by atoms with E-state index in [1.165, 1.54) is 0 Å². The normalized spacial score (nSPS) is 31.4. The molecule has 18 heavy (non-hydrogen) atoms. The molecule has 0 aromatic carbocycles. The first-order valence-electron chi connectivity index (χ1n) is 6.50. The van der Waals surface area contributed by atoms with Crippen LogP contribution >= 0.6 is 12.4 Å². The molecule has 2 aliphatic rings. The van der Waals surface area contributed by atoms with E-state index in [1.54, 1.807) is 0 Å². The second kappa shape index (κ2) is 6.95. The van der Waals surface area contributed by atoms with Crippen molar-refractivity contribution in [2.45, 2.75) is 50.6 Å². The number of hydrogen-bond acceptors (Lipinski definition) is 3. The molecule has 1 heterocycles. The number of primary amides is 1. The second-order valence-corrected chi connectivity index (χ2v) is 5.12. The lowest BCUT2D eigenvalue weighted by atomic mass is 9.85. The molecule has 6 heteroatoms. The fraction of sp³-hybridized carbons (Fsp3) is 0.833. The SMILES string of the molecule is Cl.NC(=O)C1CCCC(NC(=O)C2CCCN2)C1. The van der Waals surface area contributed by atoms with Gasteiger partial charge in [-0.15, -0.1) is 12.4 Å². The predicted molar refractivity (Wildman–Crippen MR) is 71.4 cm³/mol. The van der Waals surface area contributed by atoms with Crippen molar-refractivity contribution in [3.05, 3.63) is 0 Å². The summed E-state index contributed by atoms with van der Waals surface area (Å²) in [7, 11) is 0. The maximum absolute atomic E-state index is 11.9. The highest BCUT2D eigenvalue weighted by molar-refractivity contribution is 5.85. The van der Waals surface area contributed by atoms with Crippen molar-refractivity contribution in [3.63, 3.8) is 0 Å². The molecule has 0 bridgehead atoms. The Bertz CT molecular complexity index is 306. The summed E-state index contributed by atoms with van der Waals surface area (Å²) in [6.07, 6.45) is 5.47. The third-order valence-electron chi connectivity index (χ3n) is 3.80. The third-order valence-corrected chi connectivity index (χ3v) is 3.80. The van der Waals surface area contributed by atoms with Crippen LogP contribution in [0.4, 0.5) is 0 Å². The van der Waals surface area contributed by atoms with Gasteiger partial charge in [-0.05, 0) is 38.6 Å². The number of amides is 2. The standard InChI is InChI=1S/C12H21N3O2.ClH/c13-11(16)8-3-1-4-9(7-8)15-12(17)10-5-2-6-14-10;/h8-10,14H,1-7H2,(H2,13,16)(H,15,17);1H. The van der Waals surface area contributed by atoms with Gasteiger partial charge >= 0.3 is 0 Å². The Hall–Kier alpha value is -0.810. The van der Waals surface area contributed by atoms with Crippen LogP contribution in [-0.2, 0) is 9.59 Å². The summed E-state index contributed by atoms with van der Waals surface area (Å²) in [5, 5.41) is 6.21. The summed E-state index contributed by atoms with van der Waals surface area (Å²) in [4.78, 5) is 23.0. The molecule has 104 valence electrons. The fourth-order valence-corrected chi connectivity index (χ4v) is 2.79. The quantitative estimate of drug-likeness (QED) is 0.694. The number of carbonyl (C=O) groups is 2. The lowest BCUT2D eigenvalue weighted by Crippen LogP contribution is -2.47. The lowest BCUT2D eigenvalue weighted by molar-refractivity contribution is -0.126. The highest BCUT2D eigenvalue weighted by atomic mass is 35.5. The topological polar surface area (TPSA) is 84.2 Å². The van der Waals surface area contributed by atoms with E-state index in [4.69, 9.17) is 5.73 Å². The van der Waals surface area contributed by atoms with Crippen LogP contribution in [0.5, 0.6) is 0 Å². The van der Waals surface area contributed by atoms with E-state index >= 15 is 0 Å². The van der Waals surface area contributed by atoms with Crippen LogP contribution in [0.25, 0.3) is 0 Å². The van der Waals surface area contributed by atoms with Crippen molar-refractivity contribution >= 4 is 24.2 Å². The summed E-state index contributed by atoms with van der Waals surface area (Å²) in [5.41, 5.74) is 5.32. The zero-order valence-corrected chi connectivity index (χ0v) is 11.3. The van der Waals surface area contributed by atoms with Gasteiger partial charge in [-0.25, -0.2) is 0 Å². The van der Waals surface area contributed by atoms with E-state index in [2.05, 4.69) is 10.6 Å². The largest absolute Gasteiger partial charge is 0.369 e. The molecule has 4 N–H and O–H groups in total. The Morgan fingerprint density at radius 1 is 1.17 bits per heavy atom. The average Bonchev–Trinajstić information content (AvgIpc) is 2.82. The first kappa shape index (κ1) is 15.2. The van der Waals surface area contributed by atoms with Gasteiger partial charge in [0.1, 0.15) is 0 Å². The third kappa shape index (κ3) is 3.85. The molecule has 1 aliphatic carbocycles. The molecular weight excluding hydrogens is 254 g/mol. The molecule has 3 atom stereocenters. The fourth-order valence-electron chi connectivity index (χ4n) is 2.79. The van der Waals surface area contributed by atoms with Crippen molar-refractivity contribution < 1.29 is 9.59 Å². The minimum Gasteiger partial charge on any atom is -0.369 e. The number of nitrogens with two attached hydrogens (primary N) is 1. The van der Waals surface area contributed by atoms with Gasteiger partial charge in [0.05, 0.1) is 6.04 Å². The van der Waals surface area contributed by atoms with E-state index < -0.39 is 0 Å². The Morgan fingerprint density at radius 2 is 1.94 bits per heavy atom. The molecule has 2 rings (SSSR count). The molecule has 0 spiro atoms. The highest BCUT2D eigenvalue weighted by Gasteiger charge is 2.29. The van der Waals surface area contributed by atoms with Gasteiger partial charge in [0.25, 0.3) is 0 Å². The van der Waals surface area contributed by atoms with E-state index in [9.17, 15) is 9.59 Å². The molecule has 5 nitrogen and oxygen atoms in total.